The summed E-state index contributed by atoms with van der Waals surface area (Å²) in [5.41, 5.74) is 2.39. The van der Waals surface area contributed by atoms with Gasteiger partial charge in [0.15, 0.2) is 0 Å². The summed E-state index contributed by atoms with van der Waals surface area (Å²) in [5.74, 6) is -0.0596. The second-order valence-electron chi connectivity index (χ2n) is 5.06. The molecule has 7 heteroatoms. The molecule has 1 amide bonds. The van der Waals surface area contributed by atoms with Crippen molar-refractivity contribution in [1.82, 2.24) is 25.1 Å². The fraction of sp³-hybridized carbons (Fsp3) is 0.125. The highest BCUT2D eigenvalue weighted by Gasteiger charge is 2.14. The van der Waals surface area contributed by atoms with E-state index in [1.54, 1.807) is 24.1 Å². The van der Waals surface area contributed by atoms with E-state index in [0.29, 0.717) is 12.1 Å². The van der Waals surface area contributed by atoms with Crippen LogP contribution in [-0.2, 0) is 6.54 Å². The molecule has 0 atom stereocenters. The molecule has 0 saturated carbocycles. The molecule has 0 saturated heterocycles. The first kappa shape index (κ1) is 15.4. The number of carbonyl (C=O) groups is 1. The summed E-state index contributed by atoms with van der Waals surface area (Å²) in [6, 6.07) is 15.1. The first-order chi connectivity index (χ1) is 11.1. The largest absolute Gasteiger partial charge is 0.337 e. The van der Waals surface area contributed by atoms with Crippen LogP contribution >= 0.6 is 15.9 Å². The minimum absolute atomic E-state index is 0.0596. The highest BCUT2D eigenvalue weighted by Crippen LogP contribution is 2.18. The van der Waals surface area contributed by atoms with E-state index >= 15 is 0 Å². The number of halogens is 1. The zero-order chi connectivity index (χ0) is 16.2. The van der Waals surface area contributed by atoms with Crippen LogP contribution in [0.15, 0.2) is 59.3 Å². The SMILES string of the molecule is CN(Cc1ccccc1Br)C(=O)c1cccc(-n2cnnn2)c1. The smallest absolute Gasteiger partial charge is 0.253 e. The van der Waals surface area contributed by atoms with Gasteiger partial charge in [0.1, 0.15) is 6.33 Å². The number of hydrogen-bond donors (Lipinski definition) is 0. The Kier molecular flexibility index (Phi) is 4.47. The number of rotatable bonds is 4. The summed E-state index contributed by atoms with van der Waals surface area (Å²) < 4.78 is 2.51. The Labute approximate surface area is 141 Å². The monoisotopic (exact) mass is 371 g/mol. The molecular weight excluding hydrogens is 358 g/mol. The molecule has 0 spiro atoms. The number of benzene rings is 2. The number of carbonyl (C=O) groups excluding carboxylic acids is 1. The van der Waals surface area contributed by atoms with E-state index in [9.17, 15) is 4.79 Å². The zero-order valence-electron chi connectivity index (χ0n) is 12.4. The Morgan fingerprint density at radius 3 is 2.78 bits per heavy atom. The molecular formula is C16H14BrN5O. The topological polar surface area (TPSA) is 63.9 Å². The fourth-order valence-corrected chi connectivity index (χ4v) is 2.65. The maximum absolute atomic E-state index is 12.6. The van der Waals surface area contributed by atoms with Gasteiger partial charge in [-0.1, -0.05) is 40.2 Å². The van der Waals surface area contributed by atoms with Gasteiger partial charge in [-0.25, -0.2) is 4.68 Å². The number of aromatic nitrogens is 4. The van der Waals surface area contributed by atoms with Crippen LogP contribution in [0.5, 0.6) is 0 Å². The molecule has 1 aromatic heterocycles. The second kappa shape index (κ2) is 6.70. The van der Waals surface area contributed by atoms with Crippen LogP contribution < -0.4 is 0 Å². The number of hydrogen-bond acceptors (Lipinski definition) is 4. The van der Waals surface area contributed by atoms with Crippen molar-refractivity contribution in [3.05, 3.63) is 70.5 Å². The Morgan fingerprint density at radius 2 is 2.04 bits per heavy atom. The maximum atomic E-state index is 12.6. The van der Waals surface area contributed by atoms with Gasteiger partial charge in [0.2, 0.25) is 0 Å². The third-order valence-corrected chi connectivity index (χ3v) is 4.19. The lowest BCUT2D eigenvalue weighted by molar-refractivity contribution is 0.0785. The number of nitrogens with zero attached hydrogens (tertiary/aromatic N) is 5. The average Bonchev–Trinajstić information content (AvgIpc) is 3.11. The summed E-state index contributed by atoms with van der Waals surface area (Å²) in [4.78, 5) is 14.3. The van der Waals surface area contributed by atoms with E-state index in [1.165, 1.54) is 11.0 Å². The van der Waals surface area contributed by atoms with Gasteiger partial charge >= 0.3 is 0 Å². The van der Waals surface area contributed by atoms with Crippen molar-refractivity contribution in [1.29, 1.82) is 0 Å². The van der Waals surface area contributed by atoms with Crippen molar-refractivity contribution in [3.63, 3.8) is 0 Å². The molecule has 6 nitrogen and oxygen atoms in total. The van der Waals surface area contributed by atoms with Gasteiger partial charge in [-0.3, -0.25) is 4.79 Å². The van der Waals surface area contributed by atoms with Gasteiger partial charge in [-0.15, -0.1) is 5.10 Å². The van der Waals surface area contributed by atoms with Crippen LogP contribution in [0, 0.1) is 0 Å². The molecule has 23 heavy (non-hydrogen) atoms. The van der Waals surface area contributed by atoms with Gasteiger partial charge in [0, 0.05) is 23.6 Å². The van der Waals surface area contributed by atoms with Crippen LogP contribution in [0.3, 0.4) is 0 Å². The first-order valence-electron chi connectivity index (χ1n) is 6.97. The van der Waals surface area contributed by atoms with Crippen molar-refractivity contribution in [2.24, 2.45) is 0 Å². The van der Waals surface area contributed by atoms with Crippen molar-refractivity contribution < 1.29 is 4.79 Å². The minimum atomic E-state index is -0.0596. The molecule has 0 fully saturated rings. The molecule has 0 N–H and O–H groups in total. The molecule has 0 unspecified atom stereocenters. The molecule has 0 aliphatic rings. The van der Waals surface area contributed by atoms with Crippen molar-refractivity contribution in [2.45, 2.75) is 6.54 Å². The number of amides is 1. The quantitative estimate of drug-likeness (QED) is 0.707. The van der Waals surface area contributed by atoms with Crippen LogP contribution in [0.4, 0.5) is 0 Å². The minimum Gasteiger partial charge on any atom is -0.337 e. The van der Waals surface area contributed by atoms with E-state index in [2.05, 4.69) is 31.5 Å². The lowest BCUT2D eigenvalue weighted by atomic mass is 10.1. The normalized spacial score (nSPS) is 10.5. The Bertz CT molecular complexity index is 819. The van der Waals surface area contributed by atoms with Crippen LogP contribution in [0.2, 0.25) is 0 Å². The summed E-state index contributed by atoms with van der Waals surface area (Å²) in [7, 11) is 1.78. The predicted octanol–water partition coefficient (Wildman–Crippen LogP) is 2.70. The zero-order valence-corrected chi connectivity index (χ0v) is 14.0. The second-order valence-corrected chi connectivity index (χ2v) is 5.91. The van der Waals surface area contributed by atoms with Crippen LogP contribution in [0.1, 0.15) is 15.9 Å². The summed E-state index contributed by atoms with van der Waals surface area (Å²) >= 11 is 3.50. The molecule has 0 aliphatic carbocycles. The Balaban J connectivity index is 1.80. The molecule has 0 radical (unpaired) electrons. The molecule has 3 aromatic rings. The van der Waals surface area contributed by atoms with E-state index < -0.39 is 0 Å². The first-order valence-corrected chi connectivity index (χ1v) is 7.77. The molecule has 2 aromatic carbocycles. The summed E-state index contributed by atoms with van der Waals surface area (Å²) in [6.07, 6.45) is 1.49. The third-order valence-electron chi connectivity index (χ3n) is 3.42. The van der Waals surface area contributed by atoms with Crippen LogP contribution in [0.25, 0.3) is 5.69 Å². The fourth-order valence-electron chi connectivity index (χ4n) is 2.24. The maximum Gasteiger partial charge on any atom is 0.253 e. The van der Waals surface area contributed by atoms with E-state index in [1.807, 2.05) is 36.4 Å². The molecule has 1 heterocycles. The lowest BCUT2D eigenvalue weighted by Gasteiger charge is -2.18. The van der Waals surface area contributed by atoms with Crippen molar-refractivity contribution in [3.8, 4) is 5.69 Å². The predicted molar refractivity (Wildman–Crippen MR) is 89.1 cm³/mol. The van der Waals surface area contributed by atoms with Gasteiger partial charge < -0.3 is 4.90 Å². The third kappa shape index (κ3) is 3.45. The van der Waals surface area contributed by atoms with E-state index in [4.69, 9.17) is 0 Å². The molecule has 0 bridgehead atoms. The Hall–Kier alpha value is -2.54. The van der Waals surface area contributed by atoms with E-state index in [-0.39, 0.29) is 5.91 Å². The lowest BCUT2D eigenvalue weighted by Crippen LogP contribution is -2.26. The van der Waals surface area contributed by atoms with Crippen LogP contribution in [-0.4, -0.2) is 38.1 Å². The van der Waals surface area contributed by atoms with Crippen molar-refractivity contribution >= 4 is 21.8 Å². The summed E-state index contributed by atoms with van der Waals surface area (Å²) in [6.45, 7) is 0.523. The van der Waals surface area contributed by atoms with Crippen molar-refractivity contribution in [2.75, 3.05) is 7.05 Å². The highest BCUT2D eigenvalue weighted by molar-refractivity contribution is 9.10. The van der Waals surface area contributed by atoms with Gasteiger partial charge in [0.05, 0.1) is 5.69 Å². The Morgan fingerprint density at radius 1 is 1.22 bits per heavy atom. The highest BCUT2D eigenvalue weighted by atomic mass is 79.9. The molecule has 3 rings (SSSR count). The average molecular weight is 372 g/mol. The molecule has 116 valence electrons. The standard InChI is InChI=1S/C16H14BrN5O/c1-21(10-13-5-2-3-8-15(13)17)16(23)12-6-4-7-14(9-12)22-11-18-19-20-22/h2-9,11H,10H2,1H3. The van der Waals surface area contributed by atoms with Gasteiger partial charge in [-0.05, 0) is 40.3 Å². The van der Waals surface area contributed by atoms with Gasteiger partial charge in [-0.2, -0.15) is 0 Å². The van der Waals surface area contributed by atoms with Gasteiger partial charge in [0.25, 0.3) is 5.91 Å². The number of tetrazole rings is 1. The molecule has 0 aliphatic heterocycles. The summed E-state index contributed by atoms with van der Waals surface area (Å²) in [5, 5.41) is 11.0. The van der Waals surface area contributed by atoms with E-state index in [0.717, 1.165) is 15.7 Å².